The van der Waals surface area contributed by atoms with Crippen LogP contribution >= 0.6 is 22.7 Å². The van der Waals surface area contributed by atoms with Crippen molar-refractivity contribution in [3.05, 3.63) is 44.8 Å². The second kappa shape index (κ2) is 8.41. The van der Waals surface area contributed by atoms with Gasteiger partial charge in [0.1, 0.15) is 0 Å². The van der Waals surface area contributed by atoms with Gasteiger partial charge in [-0.25, -0.2) is 0 Å². The lowest BCUT2D eigenvalue weighted by molar-refractivity contribution is -0.122. The molecule has 1 aliphatic heterocycles. The van der Waals surface area contributed by atoms with E-state index < -0.39 is 0 Å². The van der Waals surface area contributed by atoms with Gasteiger partial charge in [-0.1, -0.05) is 6.07 Å². The van der Waals surface area contributed by atoms with Gasteiger partial charge in [0.05, 0.1) is 13.1 Å². The highest BCUT2D eigenvalue weighted by Crippen LogP contribution is 2.12. The summed E-state index contributed by atoms with van der Waals surface area (Å²) in [6.45, 7) is 2.70. The molecule has 0 aromatic carbocycles. The van der Waals surface area contributed by atoms with E-state index in [-0.39, 0.29) is 17.9 Å². The zero-order valence-electron chi connectivity index (χ0n) is 13.4. The van der Waals surface area contributed by atoms with Gasteiger partial charge in [-0.2, -0.15) is 11.3 Å². The summed E-state index contributed by atoms with van der Waals surface area (Å²) in [4.78, 5) is 27.4. The summed E-state index contributed by atoms with van der Waals surface area (Å²) in [7, 11) is 0. The number of amides is 2. The van der Waals surface area contributed by atoms with Crippen LogP contribution in [0.2, 0.25) is 0 Å². The lowest BCUT2D eigenvalue weighted by Crippen LogP contribution is -2.47. The smallest absolute Gasteiger partial charge is 0.252 e. The Morgan fingerprint density at radius 1 is 1.21 bits per heavy atom. The first-order chi connectivity index (χ1) is 11.7. The minimum Gasteiger partial charge on any atom is -0.350 e. The van der Waals surface area contributed by atoms with Crippen LogP contribution < -0.4 is 10.6 Å². The molecule has 3 heterocycles. The van der Waals surface area contributed by atoms with E-state index in [9.17, 15) is 9.59 Å². The van der Waals surface area contributed by atoms with Crippen molar-refractivity contribution >= 4 is 34.5 Å². The van der Waals surface area contributed by atoms with Gasteiger partial charge in [-0.15, -0.1) is 11.3 Å². The summed E-state index contributed by atoms with van der Waals surface area (Å²) in [6, 6.07) is 6.05. The summed E-state index contributed by atoms with van der Waals surface area (Å²) < 4.78 is 0. The highest BCUT2D eigenvalue weighted by molar-refractivity contribution is 7.09. The van der Waals surface area contributed by atoms with Gasteiger partial charge < -0.3 is 10.6 Å². The van der Waals surface area contributed by atoms with E-state index >= 15 is 0 Å². The molecule has 2 aromatic rings. The van der Waals surface area contributed by atoms with Crippen molar-refractivity contribution in [2.24, 2.45) is 0 Å². The molecule has 128 valence electrons. The zero-order valence-corrected chi connectivity index (χ0v) is 15.0. The van der Waals surface area contributed by atoms with Crippen molar-refractivity contribution in [3.8, 4) is 0 Å². The third-order valence-corrected chi connectivity index (χ3v) is 5.67. The fourth-order valence-corrected chi connectivity index (χ4v) is 4.04. The van der Waals surface area contributed by atoms with Crippen LogP contribution in [-0.2, 0) is 11.3 Å². The van der Waals surface area contributed by atoms with Crippen LogP contribution in [0.5, 0.6) is 0 Å². The molecule has 24 heavy (non-hydrogen) atoms. The van der Waals surface area contributed by atoms with Gasteiger partial charge in [0.25, 0.3) is 5.91 Å². The van der Waals surface area contributed by atoms with Crippen molar-refractivity contribution in [2.45, 2.75) is 25.4 Å². The number of carbonyl (C=O) groups excluding carboxylic acids is 2. The average Bonchev–Trinajstić information content (AvgIpc) is 3.28. The normalized spacial score (nSPS) is 16.0. The number of rotatable bonds is 6. The Bertz CT molecular complexity index is 647. The van der Waals surface area contributed by atoms with Gasteiger partial charge >= 0.3 is 0 Å². The standard InChI is InChI=1S/C17H21N3O2S2/c21-16(18-10-15-2-1-8-24-15)11-20-6-3-14(4-7-20)19-17(22)13-5-9-23-12-13/h1-2,5,8-9,12,14H,3-4,6-7,10-11H2,(H,18,21)(H,19,22). The molecule has 0 unspecified atom stereocenters. The third-order valence-electron chi connectivity index (χ3n) is 4.11. The summed E-state index contributed by atoms with van der Waals surface area (Å²) >= 11 is 3.18. The quantitative estimate of drug-likeness (QED) is 0.828. The number of carbonyl (C=O) groups is 2. The highest BCUT2D eigenvalue weighted by atomic mass is 32.1. The van der Waals surface area contributed by atoms with Crippen molar-refractivity contribution in [1.82, 2.24) is 15.5 Å². The third kappa shape index (κ3) is 4.90. The topological polar surface area (TPSA) is 61.4 Å². The van der Waals surface area contributed by atoms with Crippen LogP contribution in [0.25, 0.3) is 0 Å². The number of piperidine rings is 1. The second-order valence-corrected chi connectivity index (χ2v) is 7.70. The Hall–Kier alpha value is -1.70. The summed E-state index contributed by atoms with van der Waals surface area (Å²) in [5, 5.41) is 11.8. The number of thiophene rings is 2. The molecule has 0 bridgehead atoms. The van der Waals surface area contributed by atoms with Crippen molar-refractivity contribution < 1.29 is 9.59 Å². The molecular weight excluding hydrogens is 342 g/mol. The van der Waals surface area contributed by atoms with Crippen LogP contribution in [0.1, 0.15) is 28.1 Å². The molecular formula is C17H21N3O2S2. The Kier molecular flexibility index (Phi) is 6.01. The summed E-state index contributed by atoms with van der Waals surface area (Å²) in [5.74, 6) is 0.0625. The molecule has 0 radical (unpaired) electrons. The van der Waals surface area contributed by atoms with Gasteiger partial charge in [0.15, 0.2) is 0 Å². The van der Waals surface area contributed by atoms with Gasteiger partial charge in [-0.3, -0.25) is 14.5 Å². The molecule has 2 N–H and O–H groups in total. The molecule has 0 saturated carbocycles. The van der Waals surface area contributed by atoms with Crippen molar-refractivity contribution in [3.63, 3.8) is 0 Å². The van der Waals surface area contributed by atoms with Crippen LogP contribution in [0.3, 0.4) is 0 Å². The number of likely N-dealkylation sites (tertiary alicyclic amines) is 1. The van der Waals surface area contributed by atoms with E-state index in [2.05, 4.69) is 15.5 Å². The first-order valence-corrected chi connectivity index (χ1v) is 9.87. The van der Waals surface area contributed by atoms with E-state index in [1.54, 1.807) is 11.3 Å². The Morgan fingerprint density at radius 3 is 2.71 bits per heavy atom. The first kappa shape index (κ1) is 17.1. The molecule has 3 rings (SSSR count). The van der Waals surface area contributed by atoms with Crippen LogP contribution in [0, 0.1) is 0 Å². The lowest BCUT2D eigenvalue weighted by atomic mass is 10.0. The molecule has 2 aromatic heterocycles. The number of hydrogen-bond acceptors (Lipinski definition) is 5. The average molecular weight is 364 g/mol. The molecule has 2 amide bonds. The fourth-order valence-electron chi connectivity index (χ4n) is 2.76. The molecule has 1 aliphatic rings. The zero-order chi connectivity index (χ0) is 16.8. The number of nitrogens with zero attached hydrogens (tertiary/aromatic N) is 1. The largest absolute Gasteiger partial charge is 0.350 e. The molecule has 0 aliphatic carbocycles. The maximum absolute atomic E-state index is 12.0. The van der Waals surface area contributed by atoms with Gasteiger partial charge in [-0.05, 0) is 35.7 Å². The maximum atomic E-state index is 12.0. The molecule has 1 saturated heterocycles. The van der Waals surface area contributed by atoms with Crippen molar-refractivity contribution in [2.75, 3.05) is 19.6 Å². The molecule has 7 heteroatoms. The number of hydrogen-bond donors (Lipinski definition) is 2. The van der Waals surface area contributed by atoms with Crippen LogP contribution in [0.15, 0.2) is 34.3 Å². The second-order valence-electron chi connectivity index (χ2n) is 5.89. The highest BCUT2D eigenvalue weighted by Gasteiger charge is 2.22. The van der Waals surface area contributed by atoms with E-state index in [0.29, 0.717) is 13.1 Å². The maximum Gasteiger partial charge on any atom is 0.252 e. The predicted octanol–water partition coefficient (Wildman–Crippen LogP) is 2.32. The summed E-state index contributed by atoms with van der Waals surface area (Å²) in [5.41, 5.74) is 0.732. The van der Waals surface area contributed by atoms with E-state index in [1.165, 1.54) is 16.2 Å². The Morgan fingerprint density at radius 2 is 2.04 bits per heavy atom. The van der Waals surface area contributed by atoms with Gasteiger partial charge in [0.2, 0.25) is 5.91 Å². The van der Waals surface area contributed by atoms with Crippen molar-refractivity contribution in [1.29, 1.82) is 0 Å². The van der Waals surface area contributed by atoms with Crippen LogP contribution in [-0.4, -0.2) is 42.4 Å². The minimum atomic E-state index is 0.00314. The first-order valence-electron chi connectivity index (χ1n) is 8.05. The number of nitrogens with one attached hydrogen (secondary N) is 2. The fraction of sp³-hybridized carbons (Fsp3) is 0.412. The van der Waals surface area contributed by atoms with E-state index in [4.69, 9.17) is 0 Å². The summed E-state index contributed by atoms with van der Waals surface area (Å²) in [6.07, 6.45) is 1.77. The molecule has 5 nitrogen and oxygen atoms in total. The lowest BCUT2D eigenvalue weighted by Gasteiger charge is -2.31. The molecule has 0 atom stereocenters. The monoisotopic (exact) mass is 363 g/mol. The molecule has 0 spiro atoms. The minimum absolute atomic E-state index is 0.00314. The Balaban J connectivity index is 1.35. The Labute approximate surface area is 149 Å². The predicted molar refractivity (Wildman–Crippen MR) is 97.4 cm³/mol. The molecule has 1 fully saturated rings. The van der Waals surface area contributed by atoms with E-state index in [1.807, 2.05) is 34.3 Å². The van der Waals surface area contributed by atoms with Crippen LogP contribution in [0.4, 0.5) is 0 Å². The SMILES string of the molecule is O=C(CN1CCC(NC(=O)c2ccsc2)CC1)NCc1cccs1. The van der Waals surface area contributed by atoms with E-state index in [0.717, 1.165) is 31.5 Å². The van der Waals surface area contributed by atoms with Gasteiger partial charge in [0, 0.05) is 35.0 Å².